The summed E-state index contributed by atoms with van der Waals surface area (Å²) in [5.41, 5.74) is 1.19. The first-order valence-electron chi connectivity index (χ1n) is 6.73. The lowest BCUT2D eigenvalue weighted by Gasteiger charge is -2.58. The zero-order valence-electron chi connectivity index (χ0n) is 10.8. The van der Waals surface area contributed by atoms with Gasteiger partial charge < -0.3 is 10.0 Å². The average Bonchev–Trinajstić information content (AvgIpc) is 2.25. The van der Waals surface area contributed by atoms with E-state index >= 15 is 0 Å². The van der Waals surface area contributed by atoms with Gasteiger partial charge in [-0.3, -0.25) is 4.79 Å². The van der Waals surface area contributed by atoms with Crippen LogP contribution in [0.5, 0.6) is 0 Å². The normalized spacial score (nSPS) is 19.7. The predicted molar refractivity (Wildman–Crippen MR) is 70.0 cm³/mol. The van der Waals surface area contributed by atoms with E-state index in [1.54, 1.807) is 18.2 Å². The molecule has 3 rings (SSSR count). The second-order valence-corrected chi connectivity index (χ2v) is 5.56. The van der Waals surface area contributed by atoms with Crippen molar-refractivity contribution in [2.24, 2.45) is 0 Å². The van der Waals surface area contributed by atoms with Gasteiger partial charge in [0.1, 0.15) is 0 Å². The molecule has 1 aromatic rings. The molecule has 0 aromatic heterocycles. The van der Waals surface area contributed by atoms with Gasteiger partial charge in [0.25, 0.3) is 0 Å². The van der Waals surface area contributed by atoms with E-state index in [1.807, 2.05) is 11.0 Å². The summed E-state index contributed by atoms with van der Waals surface area (Å²) in [6.45, 7) is 0.859. The van der Waals surface area contributed by atoms with Crippen molar-refractivity contribution in [2.45, 2.75) is 37.6 Å². The topological polar surface area (TPSA) is 57.6 Å². The van der Waals surface area contributed by atoms with Crippen molar-refractivity contribution in [1.82, 2.24) is 4.90 Å². The molecule has 0 bridgehead atoms. The summed E-state index contributed by atoms with van der Waals surface area (Å²) in [7, 11) is 0. The van der Waals surface area contributed by atoms with Crippen LogP contribution in [-0.4, -0.2) is 34.0 Å². The molecule has 1 saturated carbocycles. The van der Waals surface area contributed by atoms with Crippen LogP contribution < -0.4 is 0 Å². The first-order valence-corrected chi connectivity index (χ1v) is 6.73. The number of hydrogen-bond acceptors (Lipinski definition) is 2. The molecule has 1 aliphatic heterocycles. The second kappa shape index (κ2) is 4.37. The second-order valence-electron chi connectivity index (χ2n) is 5.56. The molecule has 1 spiro atoms. The van der Waals surface area contributed by atoms with Gasteiger partial charge in [0.15, 0.2) is 0 Å². The molecule has 4 heteroatoms. The number of hydrogen-bond donors (Lipinski definition) is 1. The van der Waals surface area contributed by atoms with Gasteiger partial charge in [0.2, 0.25) is 5.91 Å². The van der Waals surface area contributed by atoms with Crippen molar-refractivity contribution in [3.05, 3.63) is 35.4 Å². The minimum absolute atomic E-state index is 0.133. The third-order valence-corrected chi connectivity index (χ3v) is 4.49. The van der Waals surface area contributed by atoms with Gasteiger partial charge >= 0.3 is 5.97 Å². The van der Waals surface area contributed by atoms with E-state index in [-0.39, 0.29) is 17.0 Å². The number of carboxylic acid groups (broad SMARTS) is 1. The average molecular weight is 259 g/mol. The molecule has 1 aromatic carbocycles. The van der Waals surface area contributed by atoms with Crippen molar-refractivity contribution >= 4 is 11.9 Å². The predicted octanol–water partition coefficient (Wildman–Crippen LogP) is 2.08. The van der Waals surface area contributed by atoms with Crippen LogP contribution in [0.25, 0.3) is 0 Å². The highest BCUT2D eigenvalue weighted by Crippen LogP contribution is 2.47. The summed E-state index contributed by atoms with van der Waals surface area (Å²) in [5, 5.41) is 8.94. The molecule has 2 aliphatic rings. The van der Waals surface area contributed by atoms with E-state index in [9.17, 15) is 9.59 Å². The van der Waals surface area contributed by atoms with Gasteiger partial charge in [0.05, 0.1) is 12.0 Å². The maximum Gasteiger partial charge on any atom is 0.335 e. The minimum atomic E-state index is -0.950. The van der Waals surface area contributed by atoms with Crippen LogP contribution in [0.4, 0.5) is 0 Å². The molecule has 1 amide bonds. The fraction of sp³-hybridized carbons (Fsp3) is 0.467. The Kier molecular flexibility index (Phi) is 2.81. The van der Waals surface area contributed by atoms with Gasteiger partial charge in [0, 0.05) is 12.1 Å². The highest BCUT2D eigenvalue weighted by molar-refractivity contribution is 5.88. The molecule has 4 nitrogen and oxygen atoms in total. The molecule has 1 heterocycles. The Morgan fingerprint density at radius 3 is 2.58 bits per heavy atom. The fourth-order valence-corrected chi connectivity index (χ4v) is 3.12. The molecule has 1 aliphatic carbocycles. The maximum atomic E-state index is 12.3. The summed E-state index contributed by atoms with van der Waals surface area (Å²) < 4.78 is 0. The third kappa shape index (κ3) is 2.01. The Morgan fingerprint density at radius 2 is 2.05 bits per heavy atom. The molecule has 0 unspecified atom stereocenters. The van der Waals surface area contributed by atoms with Crippen molar-refractivity contribution in [3.63, 3.8) is 0 Å². The van der Waals surface area contributed by atoms with Crippen LogP contribution in [0.2, 0.25) is 0 Å². The number of carboxylic acids is 1. The van der Waals surface area contributed by atoms with E-state index in [0.717, 1.165) is 31.4 Å². The molecule has 0 radical (unpaired) electrons. The van der Waals surface area contributed by atoms with Crippen molar-refractivity contribution < 1.29 is 14.7 Å². The standard InChI is InChI=1S/C15H17NO3/c17-13(16-8-7-15(16)5-2-6-15)10-11-3-1-4-12(9-11)14(18)19/h1,3-4,9H,2,5-8,10H2,(H,18,19). The molecule has 1 saturated heterocycles. The van der Waals surface area contributed by atoms with E-state index < -0.39 is 5.97 Å². The summed E-state index contributed by atoms with van der Waals surface area (Å²) in [5.74, 6) is -0.817. The molecule has 19 heavy (non-hydrogen) atoms. The summed E-state index contributed by atoms with van der Waals surface area (Å²) in [4.78, 5) is 25.2. The molecule has 0 atom stereocenters. The Labute approximate surface area is 112 Å². The van der Waals surface area contributed by atoms with E-state index in [0.29, 0.717) is 6.42 Å². The summed E-state index contributed by atoms with van der Waals surface area (Å²) >= 11 is 0. The third-order valence-electron chi connectivity index (χ3n) is 4.49. The maximum absolute atomic E-state index is 12.3. The Morgan fingerprint density at radius 1 is 1.26 bits per heavy atom. The SMILES string of the molecule is O=C(O)c1cccc(CC(=O)N2CCC23CCC3)c1. The minimum Gasteiger partial charge on any atom is -0.478 e. The van der Waals surface area contributed by atoms with Crippen LogP contribution in [0, 0.1) is 0 Å². The monoisotopic (exact) mass is 259 g/mol. The largest absolute Gasteiger partial charge is 0.478 e. The van der Waals surface area contributed by atoms with Gasteiger partial charge in [-0.05, 0) is 43.4 Å². The quantitative estimate of drug-likeness (QED) is 0.904. The molecular formula is C15H17NO3. The lowest BCUT2D eigenvalue weighted by Crippen LogP contribution is -2.65. The Balaban J connectivity index is 1.69. The first-order chi connectivity index (χ1) is 9.11. The zero-order chi connectivity index (χ0) is 13.5. The van der Waals surface area contributed by atoms with Gasteiger partial charge in [-0.2, -0.15) is 0 Å². The molecule has 100 valence electrons. The van der Waals surface area contributed by atoms with Crippen LogP contribution in [0.3, 0.4) is 0 Å². The van der Waals surface area contributed by atoms with Crippen LogP contribution >= 0.6 is 0 Å². The number of likely N-dealkylation sites (tertiary alicyclic amines) is 1. The van der Waals surface area contributed by atoms with Crippen LogP contribution in [0.1, 0.15) is 41.6 Å². The van der Waals surface area contributed by atoms with E-state index in [2.05, 4.69) is 0 Å². The zero-order valence-corrected chi connectivity index (χ0v) is 10.8. The Hall–Kier alpha value is -1.84. The summed E-state index contributed by atoms with van der Waals surface area (Å²) in [6, 6.07) is 6.65. The Bertz CT molecular complexity index is 528. The lowest BCUT2D eigenvalue weighted by molar-refractivity contribution is -0.154. The van der Waals surface area contributed by atoms with Crippen LogP contribution in [-0.2, 0) is 11.2 Å². The van der Waals surface area contributed by atoms with Crippen LogP contribution in [0.15, 0.2) is 24.3 Å². The highest BCUT2D eigenvalue weighted by atomic mass is 16.4. The van der Waals surface area contributed by atoms with Crippen molar-refractivity contribution in [2.75, 3.05) is 6.54 Å². The molecule has 1 N–H and O–H groups in total. The van der Waals surface area contributed by atoms with Crippen molar-refractivity contribution in [3.8, 4) is 0 Å². The lowest BCUT2D eigenvalue weighted by atomic mass is 9.67. The van der Waals surface area contributed by atoms with E-state index in [1.165, 1.54) is 6.42 Å². The fourth-order valence-electron chi connectivity index (χ4n) is 3.12. The molecular weight excluding hydrogens is 242 g/mol. The number of rotatable bonds is 3. The highest BCUT2D eigenvalue weighted by Gasteiger charge is 2.50. The number of nitrogens with zero attached hydrogens (tertiary/aromatic N) is 1. The smallest absolute Gasteiger partial charge is 0.335 e. The van der Waals surface area contributed by atoms with Gasteiger partial charge in [-0.15, -0.1) is 0 Å². The van der Waals surface area contributed by atoms with Gasteiger partial charge in [-0.1, -0.05) is 12.1 Å². The van der Waals surface area contributed by atoms with Gasteiger partial charge in [-0.25, -0.2) is 4.79 Å². The number of amides is 1. The summed E-state index contributed by atoms with van der Waals surface area (Å²) in [6.07, 6.45) is 4.93. The first kappa shape index (κ1) is 12.2. The molecule has 2 fully saturated rings. The van der Waals surface area contributed by atoms with Crippen molar-refractivity contribution in [1.29, 1.82) is 0 Å². The number of carbonyl (C=O) groups is 2. The number of carbonyl (C=O) groups excluding carboxylic acids is 1. The van der Waals surface area contributed by atoms with E-state index in [4.69, 9.17) is 5.11 Å². The number of benzene rings is 1. The number of aromatic carboxylic acids is 1.